The number of amides is 2. The van der Waals surface area contributed by atoms with Gasteiger partial charge in [0.25, 0.3) is 5.91 Å². The molecule has 2 atom stereocenters. The van der Waals surface area contributed by atoms with Crippen LogP contribution in [0.1, 0.15) is 37.9 Å². The second kappa shape index (κ2) is 10.7. The van der Waals surface area contributed by atoms with Gasteiger partial charge in [-0.05, 0) is 42.9 Å². The molecule has 4 N–H and O–H groups in total. The maximum atomic E-state index is 13.2. The van der Waals surface area contributed by atoms with Gasteiger partial charge in [0, 0.05) is 18.7 Å². The van der Waals surface area contributed by atoms with Gasteiger partial charge in [-0.3, -0.25) is 19.5 Å². The maximum Gasteiger partial charge on any atom is 0.289 e. The van der Waals surface area contributed by atoms with Crippen molar-refractivity contribution in [3.8, 4) is 0 Å². The summed E-state index contributed by atoms with van der Waals surface area (Å²) in [5, 5.41) is 12.1. The van der Waals surface area contributed by atoms with E-state index in [-0.39, 0.29) is 23.7 Å². The van der Waals surface area contributed by atoms with Gasteiger partial charge in [-0.1, -0.05) is 32.0 Å². The van der Waals surface area contributed by atoms with Crippen LogP contribution in [0.5, 0.6) is 0 Å². The molecule has 0 bridgehead atoms. The van der Waals surface area contributed by atoms with Crippen molar-refractivity contribution in [1.29, 1.82) is 0 Å². The number of aromatic nitrogens is 2. The number of ketones is 1. The van der Waals surface area contributed by atoms with Crippen LogP contribution in [0.2, 0.25) is 0 Å². The zero-order chi connectivity index (χ0) is 24.0. The van der Waals surface area contributed by atoms with Crippen molar-refractivity contribution in [2.24, 2.45) is 5.92 Å². The summed E-state index contributed by atoms with van der Waals surface area (Å²) in [6.07, 6.45) is 3.14. The van der Waals surface area contributed by atoms with Gasteiger partial charge < -0.3 is 10.6 Å². The molecule has 1 aliphatic heterocycles. The van der Waals surface area contributed by atoms with Crippen LogP contribution in [-0.2, 0) is 37.2 Å². The van der Waals surface area contributed by atoms with Gasteiger partial charge in [0.1, 0.15) is 12.1 Å². The number of rotatable bonds is 7. The van der Waals surface area contributed by atoms with Crippen LogP contribution < -0.4 is 15.4 Å². The molecule has 1 aromatic carbocycles. The Kier molecular flexibility index (Phi) is 7.98. The Bertz CT molecular complexity index is 1100. The van der Waals surface area contributed by atoms with E-state index < -0.39 is 39.7 Å². The minimum Gasteiger partial charge on any atom is -0.349 e. The normalized spacial score (nSPS) is 18.3. The van der Waals surface area contributed by atoms with Gasteiger partial charge in [0.2, 0.25) is 21.7 Å². The summed E-state index contributed by atoms with van der Waals surface area (Å²) in [7, 11) is -3.97. The summed E-state index contributed by atoms with van der Waals surface area (Å²) in [5.41, 5.74) is 1.57. The predicted octanol–water partition coefficient (Wildman–Crippen LogP) is 0.462. The first-order valence-electron chi connectivity index (χ1n) is 10.9. The number of nitrogens with zero attached hydrogens (tertiary/aromatic N) is 1. The highest BCUT2D eigenvalue weighted by Gasteiger charge is 2.33. The number of aryl methyl sites for hydroxylation is 1. The fourth-order valence-corrected chi connectivity index (χ4v) is 4.91. The van der Waals surface area contributed by atoms with Gasteiger partial charge in [0.15, 0.2) is 0 Å². The molecule has 1 aromatic heterocycles. The van der Waals surface area contributed by atoms with E-state index in [1.165, 1.54) is 12.1 Å². The van der Waals surface area contributed by atoms with E-state index in [9.17, 15) is 22.8 Å². The molecule has 0 fully saturated rings. The highest BCUT2D eigenvalue weighted by atomic mass is 32.2. The first kappa shape index (κ1) is 24.6. The number of fused-ring (bicyclic) bond motifs is 1. The summed E-state index contributed by atoms with van der Waals surface area (Å²) in [6.45, 7) is 4.03. The van der Waals surface area contributed by atoms with Crippen molar-refractivity contribution in [2.75, 3.05) is 6.54 Å². The van der Waals surface area contributed by atoms with E-state index in [0.29, 0.717) is 19.4 Å². The largest absolute Gasteiger partial charge is 0.349 e. The lowest BCUT2D eigenvalue weighted by Gasteiger charge is -2.24. The lowest BCUT2D eigenvalue weighted by Crippen LogP contribution is -2.55. The minimum absolute atomic E-state index is 0.0113. The van der Waals surface area contributed by atoms with E-state index in [4.69, 9.17) is 0 Å². The van der Waals surface area contributed by atoms with Gasteiger partial charge in [-0.2, -0.15) is 9.82 Å². The fourth-order valence-electron chi connectivity index (χ4n) is 3.68. The van der Waals surface area contributed by atoms with Crippen molar-refractivity contribution in [3.63, 3.8) is 0 Å². The fraction of sp³-hybridized carbons (Fsp3) is 0.455. The standard InChI is InChI=1S/C22H29N5O5S/c1-14(2)11-19(27-33(31,32)16-7-4-3-5-8-16)21(29)25-18-12-15-13-24-26-17(15)9-6-10-23-22(30)20(18)28/h3-5,7-8,13-14,18-19,27H,6,9-12H2,1-2H3,(H,23,30)(H,24,26)(H,25,29). The second-order valence-electron chi connectivity index (χ2n) is 8.48. The lowest BCUT2D eigenvalue weighted by molar-refractivity contribution is -0.140. The molecule has 2 amide bonds. The van der Waals surface area contributed by atoms with Crippen LogP contribution in [0, 0.1) is 5.92 Å². The topological polar surface area (TPSA) is 150 Å². The average Bonchev–Trinajstić information content (AvgIpc) is 3.21. The van der Waals surface area contributed by atoms with E-state index in [1.54, 1.807) is 24.4 Å². The van der Waals surface area contributed by atoms with E-state index >= 15 is 0 Å². The third-order valence-corrected chi connectivity index (χ3v) is 6.84. The SMILES string of the molecule is CC(C)CC(NS(=O)(=O)c1ccccc1)C(=O)NC1Cc2cn[nH]c2CCCNC(=O)C1=O. The summed E-state index contributed by atoms with van der Waals surface area (Å²) < 4.78 is 28.1. The average molecular weight is 476 g/mol. The molecule has 33 heavy (non-hydrogen) atoms. The Labute approximate surface area is 193 Å². The zero-order valence-corrected chi connectivity index (χ0v) is 19.4. The molecule has 0 spiro atoms. The van der Waals surface area contributed by atoms with E-state index in [1.807, 2.05) is 13.8 Å². The number of sulfonamides is 1. The van der Waals surface area contributed by atoms with Gasteiger partial charge in [-0.15, -0.1) is 0 Å². The van der Waals surface area contributed by atoms with Crippen LogP contribution >= 0.6 is 0 Å². The van der Waals surface area contributed by atoms with Crippen molar-refractivity contribution in [1.82, 2.24) is 25.6 Å². The predicted molar refractivity (Wildman–Crippen MR) is 121 cm³/mol. The molecular formula is C22H29N5O5S. The molecule has 2 heterocycles. The van der Waals surface area contributed by atoms with Crippen LogP contribution in [0.3, 0.4) is 0 Å². The Balaban J connectivity index is 1.83. The third kappa shape index (κ3) is 6.48. The highest BCUT2D eigenvalue weighted by molar-refractivity contribution is 7.89. The van der Waals surface area contributed by atoms with Gasteiger partial charge >= 0.3 is 0 Å². The number of carbonyl (C=O) groups excluding carboxylic acids is 3. The molecule has 3 rings (SSSR count). The quantitative estimate of drug-likeness (QED) is 0.427. The minimum atomic E-state index is -3.97. The first-order chi connectivity index (χ1) is 15.7. The summed E-state index contributed by atoms with van der Waals surface area (Å²) in [4.78, 5) is 38.3. The van der Waals surface area contributed by atoms with Crippen molar-refractivity contribution in [3.05, 3.63) is 47.8 Å². The van der Waals surface area contributed by atoms with Gasteiger partial charge in [-0.25, -0.2) is 8.42 Å². The zero-order valence-electron chi connectivity index (χ0n) is 18.6. The van der Waals surface area contributed by atoms with Crippen molar-refractivity contribution in [2.45, 2.75) is 56.5 Å². The molecule has 178 valence electrons. The summed E-state index contributed by atoms with van der Waals surface area (Å²) in [5.74, 6) is -2.25. The lowest BCUT2D eigenvalue weighted by atomic mass is 9.98. The Morgan fingerprint density at radius 2 is 1.94 bits per heavy atom. The number of carbonyl (C=O) groups is 3. The van der Waals surface area contributed by atoms with E-state index in [0.717, 1.165) is 11.3 Å². The van der Waals surface area contributed by atoms with Crippen LogP contribution in [-0.4, -0.2) is 54.8 Å². The molecule has 0 radical (unpaired) electrons. The van der Waals surface area contributed by atoms with Crippen molar-refractivity contribution < 1.29 is 22.8 Å². The third-order valence-electron chi connectivity index (χ3n) is 5.35. The molecule has 0 saturated heterocycles. The summed E-state index contributed by atoms with van der Waals surface area (Å²) >= 11 is 0. The Hall–Kier alpha value is -3.05. The molecule has 0 saturated carbocycles. The Morgan fingerprint density at radius 3 is 2.64 bits per heavy atom. The molecule has 11 heteroatoms. The molecule has 1 aliphatic rings. The molecular weight excluding hydrogens is 446 g/mol. The first-order valence-corrected chi connectivity index (χ1v) is 12.4. The van der Waals surface area contributed by atoms with E-state index in [2.05, 4.69) is 25.6 Å². The van der Waals surface area contributed by atoms with Crippen LogP contribution in [0.4, 0.5) is 0 Å². The molecule has 2 aromatic rings. The summed E-state index contributed by atoms with van der Waals surface area (Å²) in [6, 6.07) is 5.47. The maximum absolute atomic E-state index is 13.2. The van der Waals surface area contributed by atoms with Crippen molar-refractivity contribution >= 4 is 27.6 Å². The monoisotopic (exact) mass is 475 g/mol. The number of Topliss-reactive ketones (excluding diaryl/α,β-unsaturated/α-hetero) is 1. The Morgan fingerprint density at radius 1 is 1.21 bits per heavy atom. The number of benzene rings is 1. The number of hydrogen-bond acceptors (Lipinski definition) is 6. The highest BCUT2D eigenvalue weighted by Crippen LogP contribution is 2.15. The number of H-pyrrole nitrogens is 1. The number of hydrogen-bond donors (Lipinski definition) is 4. The molecule has 10 nitrogen and oxygen atoms in total. The number of nitrogens with one attached hydrogen (secondary N) is 4. The molecule has 0 aliphatic carbocycles. The second-order valence-corrected chi connectivity index (χ2v) is 10.2. The van der Waals surface area contributed by atoms with Crippen LogP contribution in [0.25, 0.3) is 0 Å². The van der Waals surface area contributed by atoms with Crippen LogP contribution in [0.15, 0.2) is 41.4 Å². The smallest absolute Gasteiger partial charge is 0.289 e. The molecule has 2 unspecified atom stereocenters. The number of aromatic amines is 1. The van der Waals surface area contributed by atoms with Gasteiger partial charge in [0.05, 0.1) is 11.1 Å².